The van der Waals surface area contributed by atoms with E-state index in [9.17, 15) is 10.1 Å². The number of rotatable bonds is 5. The van der Waals surface area contributed by atoms with Gasteiger partial charge in [-0.3, -0.25) is 10.1 Å². The summed E-state index contributed by atoms with van der Waals surface area (Å²) in [7, 11) is 3.10. The van der Waals surface area contributed by atoms with Crippen molar-refractivity contribution < 1.29 is 18.9 Å². The van der Waals surface area contributed by atoms with Gasteiger partial charge >= 0.3 is 5.69 Å². The molecule has 7 heteroatoms. The fourth-order valence-corrected chi connectivity index (χ4v) is 1.84. The molecule has 2 rings (SSSR count). The molecule has 1 aromatic carbocycles. The molecule has 0 saturated heterocycles. The van der Waals surface area contributed by atoms with Crippen molar-refractivity contribution in [2.45, 2.75) is 6.92 Å². The molecule has 0 aliphatic heterocycles. The van der Waals surface area contributed by atoms with Crippen molar-refractivity contribution in [1.29, 1.82) is 0 Å². The number of hydrogen-bond donors (Lipinski definition) is 0. The molecule has 0 fully saturated rings. The molecule has 7 nitrogen and oxygen atoms in total. The smallest absolute Gasteiger partial charge is 0.338 e. The number of benzene rings is 1. The maximum atomic E-state index is 11.0. The number of hydrogen-bond acceptors (Lipinski definition) is 6. The van der Waals surface area contributed by atoms with Gasteiger partial charge in [-0.05, 0) is 31.2 Å². The molecule has 21 heavy (non-hydrogen) atoms. The topological polar surface area (TPSA) is 87.6 Å². The number of aromatic nitrogens is 1. The van der Waals surface area contributed by atoms with Gasteiger partial charge in [0.15, 0.2) is 5.69 Å². The minimum atomic E-state index is -0.517. The van der Waals surface area contributed by atoms with Gasteiger partial charge in [-0.15, -0.1) is 0 Å². The SMILES string of the molecule is COc1ccc(/C=C\c2onc(C)c2[N+](=O)[O-])c(OC)c1. The zero-order chi connectivity index (χ0) is 15.4. The first-order chi connectivity index (χ1) is 10.1. The van der Waals surface area contributed by atoms with Gasteiger partial charge in [0.25, 0.3) is 0 Å². The average molecular weight is 290 g/mol. The van der Waals surface area contributed by atoms with Crippen molar-refractivity contribution >= 4 is 17.8 Å². The third-order valence-corrected chi connectivity index (χ3v) is 2.89. The molecule has 110 valence electrons. The lowest BCUT2D eigenvalue weighted by molar-refractivity contribution is -0.386. The lowest BCUT2D eigenvalue weighted by Crippen LogP contribution is -1.91. The quantitative estimate of drug-likeness (QED) is 0.621. The lowest BCUT2D eigenvalue weighted by Gasteiger charge is -2.06. The molecule has 1 aromatic heterocycles. The van der Waals surface area contributed by atoms with E-state index in [-0.39, 0.29) is 17.1 Å². The van der Waals surface area contributed by atoms with Crippen LogP contribution in [0.2, 0.25) is 0 Å². The van der Waals surface area contributed by atoms with Gasteiger partial charge in [0.2, 0.25) is 5.76 Å². The van der Waals surface area contributed by atoms with Gasteiger partial charge in [-0.2, -0.15) is 0 Å². The second-order valence-electron chi connectivity index (χ2n) is 4.18. The highest BCUT2D eigenvalue weighted by Gasteiger charge is 2.21. The first-order valence-electron chi connectivity index (χ1n) is 6.07. The zero-order valence-corrected chi connectivity index (χ0v) is 11.8. The van der Waals surface area contributed by atoms with E-state index in [1.54, 1.807) is 31.4 Å². The third kappa shape index (κ3) is 3.02. The predicted octanol–water partition coefficient (Wildman–Crippen LogP) is 3.08. The van der Waals surface area contributed by atoms with Gasteiger partial charge in [0.1, 0.15) is 11.5 Å². The Kier molecular flexibility index (Phi) is 4.22. The van der Waals surface area contributed by atoms with E-state index in [2.05, 4.69) is 5.16 Å². The summed E-state index contributed by atoms with van der Waals surface area (Å²) in [5, 5.41) is 14.6. The van der Waals surface area contributed by atoms with Gasteiger partial charge in [0, 0.05) is 11.6 Å². The van der Waals surface area contributed by atoms with Gasteiger partial charge < -0.3 is 14.0 Å². The van der Waals surface area contributed by atoms with Crippen LogP contribution in [0.25, 0.3) is 12.2 Å². The number of nitro groups is 1. The van der Waals surface area contributed by atoms with Crippen LogP contribution in [0.1, 0.15) is 17.0 Å². The molecule has 0 atom stereocenters. The molecule has 0 amide bonds. The summed E-state index contributed by atoms with van der Waals surface area (Å²) in [6, 6.07) is 5.27. The van der Waals surface area contributed by atoms with Crippen molar-refractivity contribution in [3.8, 4) is 11.5 Å². The average Bonchev–Trinajstić information content (AvgIpc) is 2.85. The maximum absolute atomic E-state index is 11.0. The Labute approximate surface area is 120 Å². The van der Waals surface area contributed by atoms with E-state index >= 15 is 0 Å². The monoisotopic (exact) mass is 290 g/mol. The van der Waals surface area contributed by atoms with Gasteiger partial charge in [-0.1, -0.05) is 5.16 Å². The van der Waals surface area contributed by atoms with Crippen LogP contribution in [-0.4, -0.2) is 24.3 Å². The van der Waals surface area contributed by atoms with Crippen LogP contribution in [0.5, 0.6) is 11.5 Å². The number of nitrogens with zero attached hydrogens (tertiary/aromatic N) is 2. The summed E-state index contributed by atoms with van der Waals surface area (Å²) >= 11 is 0. The minimum absolute atomic E-state index is 0.0929. The Morgan fingerprint density at radius 3 is 2.67 bits per heavy atom. The summed E-state index contributed by atoms with van der Waals surface area (Å²) in [5.41, 5.74) is 0.835. The van der Waals surface area contributed by atoms with Crippen molar-refractivity contribution in [2.75, 3.05) is 14.2 Å². The van der Waals surface area contributed by atoms with Crippen LogP contribution in [0.15, 0.2) is 22.7 Å². The Morgan fingerprint density at radius 1 is 1.29 bits per heavy atom. The van der Waals surface area contributed by atoms with E-state index in [0.717, 1.165) is 5.56 Å². The minimum Gasteiger partial charge on any atom is -0.497 e. The van der Waals surface area contributed by atoms with Gasteiger partial charge in [-0.25, -0.2) is 0 Å². The van der Waals surface area contributed by atoms with Crippen LogP contribution >= 0.6 is 0 Å². The first kappa shape index (κ1) is 14.6. The Hall–Kier alpha value is -2.83. The first-order valence-corrected chi connectivity index (χ1v) is 6.07. The molecule has 2 aromatic rings. The molecule has 0 saturated carbocycles. The summed E-state index contributed by atoms with van der Waals surface area (Å²) in [5.74, 6) is 1.34. The van der Waals surface area contributed by atoms with E-state index in [4.69, 9.17) is 14.0 Å². The highest BCUT2D eigenvalue weighted by molar-refractivity contribution is 5.74. The Morgan fingerprint density at radius 2 is 2.05 bits per heavy atom. The number of ether oxygens (including phenoxy) is 2. The van der Waals surface area contributed by atoms with Crippen LogP contribution in [0, 0.1) is 17.0 Å². The lowest BCUT2D eigenvalue weighted by atomic mass is 10.1. The predicted molar refractivity (Wildman–Crippen MR) is 76.4 cm³/mol. The molecule has 0 N–H and O–H groups in total. The van der Waals surface area contributed by atoms with Crippen LogP contribution < -0.4 is 9.47 Å². The molecule has 0 spiro atoms. The largest absolute Gasteiger partial charge is 0.497 e. The van der Waals surface area contributed by atoms with Crippen molar-refractivity contribution in [1.82, 2.24) is 5.16 Å². The second-order valence-corrected chi connectivity index (χ2v) is 4.18. The molecule has 0 aliphatic rings. The highest BCUT2D eigenvalue weighted by Crippen LogP contribution is 2.28. The molecule has 0 unspecified atom stereocenters. The Bertz CT molecular complexity index is 691. The summed E-state index contributed by atoms with van der Waals surface area (Å²) in [6.07, 6.45) is 3.15. The number of methoxy groups -OCH3 is 2. The molecule has 0 radical (unpaired) electrons. The maximum Gasteiger partial charge on any atom is 0.338 e. The molecular weight excluding hydrogens is 276 g/mol. The van der Waals surface area contributed by atoms with Crippen LogP contribution in [-0.2, 0) is 0 Å². The molecular formula is C14H14N2O5. The van der Waals surface area contributed by atoms with Crippen LogP contribution in [0.3, 0.4) is 0 Å². The fraction of sp³-hybridized carbons (Fsp3) is 0.214. The van der Waals surface area contributed by atoms with Crippen molar-refractivity contribution in [3.63, 3.8) is 0 Å². The summed E-state index contributed by atoms with van der Waals surface area (Å²) in [4.78, 5) is 10.4. The highest BCUT2D eigenvalue weighted by atomic mass is 16.6. The summed E-state index contributed by atoms with van der Waals surface area (Å²) < 4.78 is 15.3. The molecule has 1 heterocycles. The molecule has 0 aliphatic carbocycles. The van der Waals surface area contributed by atoms with E-state index in [0.29, 0.717) is 11.5 Å². The van der Waals surface area contributed by atoms with E-state index < -0.39 is 4.92 Å². The zero-order valence-electron chi connectivity index (χ0n) is 11.8. The van der Waals surface area contributed by atoms with Crippen molar-refractivity contribution in [3.05, 3.63) is 45.3 Å². The second kappa shape index (κ2) is 6.08. The van der Waals surface area contributed by atoms with Crippen molar-refractivity contribution in [2.24, 2.45) is 0 Å². The Balaban J connectivity index is 2.36. The fourth-order valence-electron chi connectivity index (χ4n) is 1.84. The van der Waals surface area contributed by atoms with Crippen LogP contribution in [0.4, 0.5) is 5.69 Å². The van der Waals surface area contributed by atoms with E-state index in [1.807, 2.05) is 0 Å². The van der Waals surface area contributed by atoms with Gasteiger partial charge in [0.05, 0.1) is 19.1 Å². The molecule has 0 bridgehead atoms. The number of aryl methyl sites for hydroxylation is 1. The normalized spacial score (nSPS) is 10.8. The summed E-state index contributed by atoms with van der Waals surface area (Å²) in [6.45, 7) is 1.52. The van der Waals surface area contributed by atoms with E-state index in [1.165, 1.54) is 20.1 Å². The standard InChI is InChI=1S/C14H14N2O5/c1-9-14(16(17)18)12(21-15-9)7-5-10-4-6-11(19-2)8-13(10)20-3/h4-8H,1-3H3/b7-5-. The third-order valence-electron chi connectivity index (χ3n) is 2.89.